The molecule has 0 saturated carbocycles. The molecular weight excluding hydrogens is 1140 g/mol. The number of primary amides is 1. The molecule has 458 valence electrons. The Hall–Kier alpha value is -9.58. The lowest BCUT2D eigenvalue weighted by Gasteiger charge is -2.36. The number of rotatable bonds is 28. The van der Waals surface area contributed by atoms with E-state index in [-0.39, 0.29) is 122 Å². The number of likely N-dealkylation sites (tertiary alicyclic amines) is 1. The average molecular weight is 1210 g/mol. The van der Waals surface area contributed by atoms with Gasteiger partial charge in [0.05, 0.1) is 17.6 Å². The number of ketones is 2. The van der Waals surface area contributed by atoms with Crippen molar-refractivity contribution in [2.75, 3.05) is 25.0 Å². The van der Waals surface area contributed by atoms with E-state index in [9.17, 15) is 63.6 Å². The molecule has 24 heteroatoms. The van der Waals surface area contributed by atoms with Crippen LogP contribution in [0, 0.1) is 5.92 Å². The van der Waals surface area contributed by atoms with E-state index in [0.717, 1.165) is 11.1 Å². The van der Waals surface area contributed by atoms with Crippen molar-refractivity contribution in [2.24, 2.45) is 11.7 Å². The average Bonchev–Trinajstić information content (AvgIpc) is 1.64. The Bertz CT molecular complexity index is 3370. The first-order valence-electron chi connectivity index (χ1n) is 28.8. The zero-order valence-corrected chi connectivity index (χ0v) is 48.6. The third kappa shape index (κ3) is 16.4. The Balaban J connectivity index is 0.859. The van der Waals surface area contributed by atoms with Gasteiger partial charge in [-0.25, -0.2) is 9.59 Å². The maximum atomic E-state index is 14.3. The van der Waals surface area contributed by atoms with Gasteiger partial charge in [-0.1, -0.05) is 55.5 Å². The monoisotopic (exact) mass is 1210 g/mol. The summed E-state index contributed by atoms with van der Waals surface area (Å²) in [5.74, 6) is -4.95. The second kappa shape index (κ2) is 29.0. The molecule has 0 bridgehead atoms. The van der Waals surface area contributed by atoms with Gasteiger partial charge in [0.2, 0.25) is 23.6 Å². The van der Waals surface area contributed by atoms with E-state index in [1.165, 1.54) is 35.2 Å². The highest BCUT2D eigenvalue weighted by Gasteiger charge is 2.54. The summed E-state index contributed by atoms with van der Waals surface area (Å²) in [4.78, 5) is 121. The predicted octanol–water partition coefficient (Wildman–Crippen LogP) is 5.63. The predicted molar refractivity (Wildman–Crippen MR) is 321 cm³/mol. The molecule has 1 fully saturated rings. The van der Waals surface area contributed by atoms with Crippen molar-refractivity contribution in [3.8, 4) is 28.7 Å². The first-order chi connectivity index (χ1) is 41.7. The summed E-state index contributed by atoms with van der Waals surface area (Å²) in [5.41, 5.74) is 7.61. The van der Waals surface area contributed by atoms with E-state index in [1.807, 2.05) is 37.3 Å². The molecule has 23 nitrogen and oxygen atoms in total. The third-order valence-corrected chi connectivity index (χ3v) is 15.7. The lowest BCUT2D eigenvalue weighted by Crippen LogP contribution is -2.55. The van der Waals surface area contributed by atoms with Gasteiger partial charge in [-0.05, 0) is 129 Å². The number of urea groups is 1. The molecule has 0 radical (unpaired) electrons. The van der Waals surface area contributed by atoms with E-state index < -0.39 is 83.6 Å². The summed E-state index contributed by atoms with van der Waals surface area (Å²) >= 11 is 5.51. The Morgan fingerprint density at radius 3 is 2.01 bits per heavy atom. The maximum absolute atomic E-state index is 14.3. The molecule has 5 aromatic carbocycles. The molecule has 3 aliphatic rings. The number of aryl methyl sites for hydroxylation is 1. The molecular formula is C63H70N8O15S. The lowest BCUT2D eigenvalue weighted by molar-refractivity contribution is -0.143. The van der Waals surface area contributed by atoms with Gasteiger partial charge in [-0.3, -0.25) is 33.6 Å². The van der Waals surface area contributed by atoms with E-state index in [2.05, 4.69) is 31.9 Å². The van der Waals surface area contributed by atoms with Crippen molar-refractivity contribution in [3.63, 3.8) is 0 Å². The molecule has 5 aromatic rings. The summed E-state index contributed by atoms with van der Waals surface area (Å²) in [6.07, 6.45) is 0.519. The number of hydrogen-bond acceptors (Lipinski definition) is 15. The summed E-state index contributed by atoms with van der Waals surface area (Å²) in [7, 11) is 0. The number of thiocarbonyl (C=S) groups is 1. The number of aromatic hydroxyl groups is 3. The normalized spacial score (nSPS) is 15.6. The fraction of sp³-hybridized carbons (Fsp3) is 0.365. The number of fused-ring (bicyclic) bond motifs is 6. The van der Waals surface area contributed by atoms with Gasteiger partial charge in [0.1, 0.15) is 40.8 Å². The van der Waals surface area contributed by atoms with Gasteiger partial charge in [-0.15, -0.1) is 0 Å². The van der Waals surface area contributed by atoms with Gasteiger partial charge in [0.25, 0.3) is 0 Å². The topological polar surface area (TPSA) is 354 Å². The molecule has 1 spiro atoms. The lowest BCUT2D eigenvalue weighted by atomic mass is 9.77. The number of anilines is 1. The van der Waals surface area contributed by atoms with E-state index in [4.69, 9.17) is 27.4 Å². The van der Waals surface area contributed by atoms with Crippen LogP contribution in [0.15, 0.2) is 109 Å². The molecule has 87 heavy (non-hydrogen) atoms. The van der Waals surface area contributed by atoms with E-state index >= 15 is 0 Å². The number of carboxylic acids is 1. The molecule has 0 unspecified atom stereocenters. The molecule has 5 atom stereocenters. The van der Waals surface area contributed by atoms with Crippen LogP contribution in [-0.2, 0) is 56.7 Å². The smallest absolute Gasteiger partial charge is 0.340 e. The number of phenols is 3. The molecule has 3 aliphatic heterocycles. The van der Waals surface area contributed by atoms with Crippen LogP contribution in [0.25, 0.3) is 0 Å². The van der Waals surface area contributed by atoms with Crippen molar-refractivity contribution in [1.82, 2.24) is 31.5 Å². The van der Waals surface area contributed by atoms with Gasteiger partial charge in [0, 0.05) is 86.2 Å². The number of nitrogens with zero attached hydrogens (tertiary/aromatic N) is 1. The number of aliphatic carboxylic acids is 1. The minimum Gasteiger partial charge on any atom is -0.508 e. The molecule has 1 saturated heterocycles. The Morgan fingerprint density at radius 2 is 1.33 bits per heavy atom. The van der Waals surface area contributed by atoms with Gasteiger partial charge < -0.3 is 72.4 Å². The summed E-state index contributed by atoms with van der Waals surface area (Å²) < 4.78 is 12.2. The summed E-state index contributed by atoms with van der Waals surface area (Å²) in [5, 5.41) is 56.4. The number of carbonyl (C=O) groups excluding carboxylic acids is 8. The fourth-order valence-corrected chi connectivity index (χ4v) is 11.4. The number of nitrogens with one attached hydrogen (secondary N) is 6. The Morgan fingerprint density at radius 1 is 0.690 bits per heavy atom. The molecule has 12 N–H and O–H groups in total. The Kier molecular flexibility index (Phi) is 21.2. The minimum absolute atomic E-state index is 0.0128. The van der Waals surface area contributed by atoms with Crippen LogP contribution in [0.4, 0.5) is 10.5 Å². The van der Waals surface area contributed by atoms with Crippen LogP contribution >= 0.6 is 12.2 Å². The zero-order chi connectivity index (χ0) is 62.4. The van der Waals surface area contributed by atoms with Crippen LogP contribution in [0.3, 0.4) is 0 Å². The van der Waals surface area contributed by atoms with Gasteiger partial charge in [-0.2, -0.15) is 0 Å². The van der Waals surface area contributed by atoms with Crippen LogP contribution in [0.2, 0.25) is 0 Å². The zero-order valence-electron chi connectivity index (χ0n) is 47.8. The standard InChI is InChI=1S/C63H70N8O15S/c1-36(31-38-11-15-40(72)16-12-38)32-52(76)48(22-13-37-7-3-2-4-8-37)68-55(77)25-24-51(75)47(9-5-28-65-61(64)84)70-58(81)50-10-6-30-71(50)59(82)49(23-26-57(79)80)69-56(78)27-29-66-62(87)67-39-14-19-44-43(33-39)60(83)86-63(44)45-20-17-41(73)34-53(45)85-54-35-42(74)18-21-46(54)63/h2-4,7-8,11-12,14-21,33-36,47-50,72-74H,5-6,9-10,13,22-32H2,1H3,(H,68,77)(H,69,78)(H,70,81)(H,79,80)(H3,64,65,84)(H2,66,67,87)/t36-,47+,48+,49+,50+/m1/s1. The molecule has 6 amide bonds. The van der Waals surface area contributed by atoms with Crippen molar-refractivity contribution >= 4 is 76.2 Å². The summed E-state index contributed by atoms with van der Waals surface area (Å²) in [6.45, 7) is 2.00. The number of benzene rings is 5. The molecule has 8 rings (SSSR count). The number of hydrogen-bond donors (Lipinski definition) is 11. The number of phenolic OH excluding ortho intramolecular Hbond substituents is 3. The number of ether oxygens (including phenoxy) is 2. The number of amides is 6. The van der Waals surface area contributed by atoms with E-state index in [0.29, 0.717) is 48.1 Å². The van der Waals surface area contributed by atoms with Crippen LogP contribution in [-0.4, -0.2) is 127 Å². The maximum Gasteiger partial charge on any atom is 0.340 e. The number of carbonyl (C=O) groups is 9. The quantitative estimate of drug-likeness (QED) is 0.0164. The van der Waals surface area contributed by atoms with Gasteiger partial charge in [0.15, 0.2) is 22.3 Å². The van der Waals surface area contributed by atoms with Crippen molar-refractivity contribution in [3.05, 3.63) is 143 Å². The minimum atomic E-state index is -1.48. The second-order valence-electron chi connectivity index (χ2n) is 21.9. The Labute approximate surface area is 506 Å². The van der Waals surface area contributed by atoms with Crippen LogP contribution in [0.5, 0.6) is 28.7 Å². The fourth-order valence-electron chi connectivity index (χ4n) is 11.2. The van der Waals surface area contributed by atoms with Crippen molar-refractivity contribution < 1.29 is 73.1 Å². The van der Waals surface area contributed by atoms with Crippen molar-refractivity contribution in [2.45, 2.75) is 120 Å². The number of nitrogens with two attached hydrogens (primary N) is 1. The van der Waals surface area contributed by atoms with Crippen LogP contribution < -0.4 is 42.4 Å². The second-order valence-corrected chi connectivity index (χ2v) is 22.3. The third-order valence-electron chi connectivity index (χ3n) is 15.4. The highest BCUT2D eigenvalue weighted by atomic mass is 32.1. The first kappa shape index (κ1) is 63.4. The molecule has 3 heterocycles. The highest BCUT2D eigenvalue weighted by molar-refractivity contribution is 7.80. The van der Waals surface area contributed by atoms with E-state index in [1.54, 1.807) is 48.5 Å². The molecule has 0 aliphatic carbocycles. The van der Waals surface area contributed by atoms with Gasteiger partial charge >= 0.3 is 18.0 Å². The highest BCUT2D eigenvalue weighted by Crippen LogP contribution is 2.57. The number of carboxylic acid groups (broad SMARTS) is 1. The largest absolute Gasteiger partial charge is 0.508 e. The summed E-state index contributed by atoms with van der Waals surface area (Å²) in [6, 6.07) is 24.6. The first-order valence-corrected chi connectivity index (χ1v) is 29.2. The van der Waals surface area contributed by atoms with Crippen molar-refractivity contribution in [1.29, 1.82) is 0 Å². The molecule has 0 aromatic heterocycles. The van der Waals surface area contributed by atoms with Crippen LogP contribution in [0.1, 0.15) is 116 Å². The SMILES string of the molecule is C[C@@H](CC(=O)[C@H](CCc1ccccc1)NC(=O)CCC(=O)[C@H](CCCNC(N)=O)NC(=O)[C@@H]1CCCN1C(=O)[C@H](CCC(=O)O)NC(=O)CCNC(=S)Nc1ccc2c(c1)C(=O)OC21c2ccc(O)cc2Oc2cc(O)ccc21)Cc1ccc(O)cc1. The number of Topliss-reactive ketones (excluding diaryl/α,β-unsaturated/α-hetero) is 2. The number of esters is 1.